The number of para-hydroxylation sites is 2. The summed E-state index contributed by atoms with van der Waals surface area (Å²) in [5.74, 6) is -0.447. The average molecular weight is 434 g/mol. The number of benzene rings is 3. The average Bonchev–Trinajstić information content (AvgIpc) is 3.32. The van der Waals surface area contributed by atoms with Crippen LogP contribution in [0.5, 0.6) is 0 Å². The van der Waals surface area contributed by atoms with Crippen molar-refractivity contribution in [2.45, 2.75) is 0 Å². The lowest BCUT2D eigenvalue weighted by molar-refractivity contribution is 0.0955. The molecule has 160 valence electrons. The van der Waals surface area contributed by atoms with E-state index in [-0.39, 0.29) is 11.0 Å². The fourth-order valence-electron chi connectivity index (χ4n) is 3.47. The van der Waals surface area contributed by atoms with Crippen LogP contribution in [0.25, 0.3) is 27.9 Å². The molecule has 0 radical (unpaired) electrons. The van der Waals surface area contributed by atoms with Gasteiger partial charge in [0.05, 0.1) is 28.4 Å². The fraction of sp³-hybridized carbons (Fsp3) is 0. The maximum absolute atomic E-state index is 13.0. The van der Waals surface area contributed by atoms with Crippen molar-refractivity contribution in [2.24, 2.45) is 5.10 Å². The highest BCUT2D eigenvalue weighted by molar-refractivity contribution is 6.00. The number of amides is 1. The van der Waals surface area contributed by atoms with Crippen molar-refractivity contribution in [1.29, 1.82) is 0 Å². The minimum atomic E-state index is -0.447. The van der Waals surface area contributed by atoms with Crippen molar-refractivity contribution in [1.82, 2.24) is 15.2 Å². The van der Waals surface area contributed by atoms with Crippen molar-refractivity contribution in [2.75, 3.05) is 0 Å². The van der Waals surface area contributed by atoms with Crippen molar-refractivity contribution in [3.8, 4) is 16.9 Å². The minimum absolute atomic E-state index is 0.225. The Bertz CT molecular complexity index is 1520. The molecule has 3 aromatic carbocycles. The molecule has 7 nitrogen and oxygen atoms in total. The third kappa shape index (κ3) is 4.07. The topological polar surface area (TPSA) is 89.5 Å². The highest BCUT2D eigenvalue weighted by atomic mass is 16.3. The largest absolute Gasteiger partial charge is 0.463 e. The molecule has 0 fully saturated rings. The first-order valence-electron chi connectivity index (χ1n) is 10.3. The molecule has 7 heteroatoms. The number of fused-ring (bicyclic) bond motifs is 1. The van der Waals surface area contributed by atoms with E-state index in [1.54, 1.807) is 35.1 Å². The molecule has 0 spiro atoms. The summed E-state index contributed by atoms with van der Waals surface area (Å²) in [6, 6.07) is 25.9. The smallest absolute Gasteiger partial charge is 0.275 e. The van der Waals surface area contributed by atoms with Crippen LogP contribution in [0.3, 0.4) is 0 Å². The highest BCUT2D eigenvalue weighted by Crippen LogP contribution is 2.23. The first-order chi connectivity index (χ1) is 16.2. The third-order valence-electron chi connectivity index (χ3n) is 5.10. The molecular formula is C26H18N4O3. The van der Waals surface area contributed by atoms with Gasteiger partial charge in [0.1, 0.15) is 17.5 Å². The Kier molecular flexibility index (Phi) is 5.35. The van der Waals surface area contributed by atoms with Gasteiger partial charge in [-0.05, 0) is 24.3 Å². The lowest BCUT2D eigenvalue weighted by Crippen LogP contribution is -2.19. The van der Waals surface area contributed by atoms with E-state index >= 15 is 0 Å². The summed E-state index contributed by atoms with van der Waals surface area (Å²) < 4.78 is 7.13. The zero-order valence-electron chi connectivity index (χ0n) is 17.4. The second kappa shape index (κ2) is 8.76. The van der Waals surface area contributed by atoms with E-state index in [1.165, 1.54) is 12.5 Å². The third-order valence-corrected chi connectivity index (χ3v) is 5.10. The predicted octanol–water partition coefficient (Wildman–Crippen LogP) is 4.41. The molecule has 2 aromatic heterocycles. The summed E-state index contributed by atoms with van der Waals surface area (Å²) in [6.45, 7) is 0. The SMILES string of the molecule is O=C(N/N=C/c1coc2ccccc2c1=O)c1cn(-c2ccccc2)nc1-c1ccccc1. The summed E-state index contributed by atoms with van der Waals surface area (Å²) in [4.78, 5) is 25.6. The van der Waals surface area contributed by atoms with Crippen LogP contribution in [0.15, 0.2) is 112 Å². The van der Waals surface area contributed by atoms with Gasteiger partial charge >= 0.3 is 0 Å². The van der Waals surface area contributed by atoms with Crippen LogP contribution < -0.4 is 10.9 Å². The first kappa shape index (κ1) is 20.1. The zero-order chi connectivity index (χ0) is 22.6. The lowest BCUT2D eigenvalue weighted by Gasteiger charge is -2.01. The Morgan fingerprint density at radius 2 is 1.64 bits per heavy atom. The normalized spacial score (nSPS) is 11.2. The molecule has 0 saturated heterocycles. The van der Waals surface area contributed by atoms with E-state index in [9.17, 15) is 9.59 Å². The van der Waals surface area contributed by atoms with Gasteiger partial charge in [-0.15, -0.1) is 0 Å². The Hall–Kier alpha value is -4.78. The number of carbonyl (C=O) groups excluding carboxylic acids is 1. The monoisotopic (exact) mass is 434 g/mol. The molecule has 0 unspecified atom stereocenters. The van der Waals surface area contributed by atoms with Crippen LogP contribution in [0, 0.1) is 0 Å². The number of nitrogens with one attached hydrogen (secondary N) is 1. The van der Waals surface area contributed by atoms with Crippen LogP contribution in [0.1, 0.15) is 15.9 Å². The number of rotatable bonds is 5. The summed E-state index contributed by atoms with van der Waals surface area (Å²) in [5, 5.41) is 9.05. The molecule has 0 atom stereocenters. The molecule has 1 amide bonds. The second-order valence-corrected chi connectivity index (χ2v) is 7.25. The van der Waals surface area contributed by atoms with E-state index in [0.717, 1.165) is 11.3 Å². The summed E-state index contributed by atoms with van der Waals surface area (Å²) >= 11 is 0. The second-order valence-electron chi connectivity index (χ2n) is 7.25. The molecule has 2 heterocycles. The molecule has 0 aliphatic heterocycles. The quantitative estimate of drug-likeness (QED) is 0.328. The Labute approximate surface area is 188 Å². The maximum Gasteiger partial charge on any atom is 0.275 e. The predicted molar refractivity (Wildman–Crippen MR) is 127 cm³/mol. The van der Waals surface area contributed by atoms with Crippen LogP contribution in [0.2, 0.25) is 0 Å². The molecule has 0 saturated carbocycles. The fourth-order valence-corrected chi connectivity index (χ4v) is 3.47. The molecule has 33 heavy (non-hydrogen) atoms. The van der Waals surface area contributed by atoms with E-state index < -0.39 is 5.91 Å². The lowest BCUT2D eigenvalue weighted by atomic mass is 10.1. The number of carbonyl (C=O) groups is 1. The molecule has 5 rings (SSSR count). The van der Waals surface area contributed by atoms with E-state index in [4.69, 9.17) is 4.42 Å². The number of nitrogens with zero attached hydrogens (tertiary/aromatic N) is 3. The number of aromatic nitrogens is 2. The molecule has 0 aliphatic carbocycles. The van der Waals surface area contributed by atoms with Gasteiger partial charge in [0.25, 0.3) is 5.91 Å². The van der Waals surface area contributed by atoms with Crippen molar-refractivity contribution in [3.05, 3.63) is 119 Å². The highest BCUT2D eigenvalue weighted by Gasteiger charge is 2.18. The van der Waals surface area contributed by atoms with Gasteiger partial charge in [-0.2, -0.15) is 10.2 Å². The molecule has 0 aliphatic rings. The van der Waals surface area contributed by atoms with Crippen LogP contribution in [-0.2, 0) is 0 Å². The van der Waals surface area contributed by atoms with E-state index in [2.05, 4.69) is 15.6 Å². The van der Waals surface area contributed by atoms with Crippen LogP contribution >= 0.6 is 0 Å². The minimum Gasteiger partial charge on any atom is -0.463 e. The number of hydrogen-bond acceptors (Lipinski definition) is 5. The molecule has 1 N–H and O–H groups in total. The van der Waals surface area contributed by atoms with Gasteiger partial charge in [0.2, 0.25) is 5.43 Å². The summed E-state index contributed by atoms with van der Waals surface area (Å²) in [5.41, 5.74) is 5.50. The van der Waals surface area contributed by atoms with Crippen molar-refractivity contribution >= 4 is 23.1 Å². The van der Waals surface area contributed by atoms with E-state index in [1.807, 2.05) is 60.7 Å². The Morgan fingerprint density at radius 1 is 0.939 bits per heavy atom. The van der Waals surface area contributed by atoms with Gasteiger partial charge in [-0.25, -0.2) is 10.1 Å². The van der Waals surface area contributed by atoms with Crippen LogP contribution in [0.4, 0.5) is 0 Å². The van der Waals surface area contributed by atoms with Crippen molar-refractivity contribution in [3.63, 3.8) is 0 Å². The van der Waals surface area contributed by atoms with Gasteiger partial charge in [0, 0.05) is 11.8 Å². The molecule has 0 bridgehead atoms. The van der Waals surface area contributed by atoms with Crippen molar-refractivity contribution < 1.29 is 9.21 Å². The summed E-state index contributed by atoms with van der Waals surface area (Å²) in [7, 11) is 0. The summed E-state index contributed by atoms with van der Waals surface area (Å²) in [6.07, 6.45) is 4.26. The van der Waals surface area contributed by atoms with Crippen LogP contribution in [-0.4, -0.2) is 21.9 Å². The molecule has 5 aromatic rings. The van der Waals surface area contributed by atoms with Gasteiger partial charge < -0.3 is 4.42 Å². The Morgan fingerprint density at radius 3 is 2.42 bits per heavy atom. The number of hydrazone groups is 1. The molecular weight excluding hydrogens is 416 g/mol. The van der Waals surface area contributed by atoms with Gasteiger partial charge in [-0.3, -0.25) is 9.59 Å². The van der Waals surface area contributed by atoms with Gasteiger partial charge in [-0.1, -0.05) is 60.7 Å². The number of hydrogen-bond donors (Lipinski definition) is 1. The van der Waals surface area contributed by atoms with Gasteiger partial charge in [0.15, 0.2) is 0 Å². The Balaban J connectivity index is 1.45. The maximum atomic E-state index is 13.0. The standard InChI is InChI=1S/C26H18N4O3/c31-25-19(17-33-23-14-8-7-13-21(23)25)15-27-28-26(32)22-16-30(20-11-5-2-6-12-20)29-24(22)18-9-3-1-4-10-18/h1-17H,(H,28,32)/b27-15+. The first-order valence-corrected chi connectivity index (χ1v) is 10.3. The zero-order valence-corrected chi connectivity index (χ0v) is 17.4. The van der Waals surface area contributed by atoms with E-state index in [0.29, 0.717) is 22.2 Å².